The van der Waals surface area contributed by atoms with Gasteiger partial charge in [0.15, 0.2) is 0 Å². The van der Waals surface area contributed by atoms with Gasteiger partial charge in [0.25, 0.3) is 15.9 Å². The van der Waals surface area contributed by atoms with Crippen LogP contribution in [-0.4, -0.2) is 39.0 Å². The zero-order valence-electron chi connectivity index (χ0n) is 15.2. The van der Waals surface area contributed by atoms with Crippen molar-refractivity contribution in [2.45, 2.75) is 30.7 Å². The molecule has 2 rings (SSSR count). The number of carbonyl (C=O) groups excluding carboxylic acids is 1. The normalized spacial score (nSPS) is 12.8. The zero-order chi connectivity index (χ0) is 19.2. The summed E-state index contributed by atoms with van der Waals surface area (Å²) in [7, 11) is -1.22. The Kier molecular flexibility index (Phi) is 6.90. The number of hydrogen-bond donors (Lipinski definition) is 1. The standard InChI is InChI=1S/C19H24N2O4S/c1-15(12-13-16-8-5-4-6-9-16)20-19(22)17-10-7-11-18(14-17)26(23,24)21(2)25-3/h4-11,14-15H,12-13H2,1-3H3,(H,20,22). The van der Waals surface area contributed by atoms with Crippen molar-refractivity contribution in [1.29, 1.82) is 0 Å². The SMILES string of the molecule is CON(C)S(=O)(=O)c1cccc(C(=O)NC(C)CCc2ccccc2)c1. The van der Waals surface area contributed by atoms with Crippen LogP contribution in [0, 0.1) is 0 Å². The Bertz CT molecular complexity index is 838. The average Bonchev–Trinajstić information content (AvgIpc) is 2.66. The number of nitrogens with one attached hydrogen (secondary N) is 1. The van der Waals surface area contributed by atoms with Crippen LogP contribution >= 0.6 is 0 Å². The third-order valence-corrected chi connectivity index (χ3v) is 5.75. The molecule has 26 heavy (non-hydrogen) atoms. The molecule has 1 amide bonds. The highest BCUT2D eigenvalue weighted by Crippen LogP contribution is 2.16. The number of hydroxylamine groups is 1. The number of aryl methyl sites for hydroxylation is 1. The molecule has 0 bridgehead atoms. The largest absolute Gasteiger partial charge is 0.350 e. The van der Waals surface area contributed by atoms with Crippen LogP contribution in [0.4, 0.5) is 0 Å². The van der Waals surface area contributed by atoms with Gasteiger partial charge in [-0.05, 0) is 43.5 Å². The number of nitrogens with zero attached hydrogens (tertiary/aromatic N) is 1. The summed E-state index contributed by atoms with van der Waals surface area (Å²) in [6.45, 7) is 1.93. The molecule has 2 aromatic rings. The highest BCUT2D eigenvalue weighted by molar-refractivity contribution is 7.89. The van der Waals surface area contributed by atoms with Gasteiger partial charge in [-0.25, -0.2) is 8.42 Å². The molecule has 0 aliphatic heterocycles. The lowest BCUT2D eigenvalue weighted by Crippen LogP contribution is -2.33. The van der Waals surface area contributed by atoms with Gasteiger partial charge in [0.2, 0.25) is 0 Å². The maximum Gasteiger partial charge on any atom is 0.264 e. The van der Waals surface area contributed by atoms with E-state index in [1.54, 1.807) is 12.1 Å². The van der Waals surface area contributed by atoms with Gasteiger partial charge in [-0.15, -0.1) is 0 Å². The van der Waals surface area contributed by atoms with E-state index in [1.165, 1.54) is 31.9 Å². The number of amides is 1. The summed E-state index contributed by atoms with van der Waals surface area (Å²) < 4.78 is 25.3. The van der Waals surface area contributed by atoms with Crippen LogP contribution in [0.3, 0.4) is 0 Å². The molecule has 140 valence electrons. The molecule has 0 spiro atoms. The van der Waals surface area contributed by atoms with Gasteiger partial charge in [0, 0.05) is 18.7 Å². The molecule has 1 atom stereocenters. The quantitative estimate of drug-likeness (QED) is 0.719. The first kappa shape index (κ1) is 20.1. The molecule has 0 aromatic heterocycles. The lowest BCUT2D eigenvalue weighted by Gasteiger charge is -2.16. The molecule has 0 aliphatic rings. The maximum absolute atomic E-state index is 12.4. The highest BCUT2D eigenvalue weighted by Gasteiger charge is 2.22. The van der Waals surface area contributed by atoms with E-state index < -0.39 is 10.0 Å². The first-order valence-corrected chi connectivity index (χ1v) is 9.76. The van der Waals surface area contributed by atoms with E-state index in [9.17, 15) is 13.2 Å². The Morgan fingerprint density at radius 3 is 2.50 bits per heavy atom. The van der Waals surface area contributed by atoms with Crippen molar-refractivity contribution >= 4 is 15.9 Å². The second-order valence-corrected chi connectivity index (χ2v) is 7.96. The van der Waals surface area contributed by atoms with Crippen LogP contribution in [0.2, 0.25) is 0 Å². The molecule has 1 unspecified atom stereocenters. The maximum atomic E-state index is 12.4. The molecule has 0 heterocycles. The summed E-state index contributed by atoms with van der Waals surface area (Å²) in [4.78, 5) is 17.2. The van der Waals surface area contributed by atoms with Crippen molar-refractivity contribution in [3.8, 4) is 0 Å². The summed E-state index contributed by atoms with van der Waals surface area (Å²) in [6.07, 6.45) is 1.65. The summed E-state index contributed by atoms with van der Waals surface area (Å²) >= 11 is 0. The van der Waals surface area contributed by atoms with Gasteiger partial charge in [0.1, 0.15) is 0 Å². The molecule has 0 radical (unpaired) electrons. The molecule has 7 heteroatoms. The van der Waals surface area contributed by atoms with Gasteiger partial charge in [-0.3, -0.25) is 9.63 Å². The molecule has 0 fully saturated rings. The van der Waals surface area contributed by atoms with E-state index in [1.807, 2.05) is 25.1 Å². The van der Waals surface area contributed by atoms with Crippen molar-refractivity contribution in [2.75, 3.05) is 14.2 Å². The van der Waals surface area contributed by atoms with Crippen molar-refractivity contribution in [1.82, 2.24) is 9.79 Å². The summed E-state index contributed by atoms with van der Waals surface area (Å²) in [6, 6.07) is 15.9. The van der Waals surface area contributed by atoms with E-state index in [-0.39, 0.29) is 16.8 Å². The van der Waals surface area contributed by atoms with Crippen LogP contribution in [0.5, 0.6) is 0 Å². The van der Waals surface area contributed by atoms with Crippen molar-refractivity contribution in [3.05, 3.63) is 65.7 Å². The fourth-order valence-corrected chi connectivity index (χ4v) is 3.47. The number of hydrogen-bond acceptors (Lipinski definition) is 4. The Balaban J connectivity index is 2.02. The molecule has 0 aliphatic carbocycles. The Hall–Kier alpha value is -2.22. The highest BCUT2D eigenvalue weighted by atomic mass is 32.2. The van der Waals surface area contributed by atoms with Gasteiger partial charge in [0.05, 0.1) is 12.0 Å². The Labute approximate surface area is 154 Å². The minimum absolute atomic E-state index is 0.00596. The number of carbonyl (C=O) groups is 1. The summed E-state index contributed by atoms with van der Waals surface area (Å²) in [5.74, 6) is -0.303. The topological polar surface area (TPSA) is 75.7 Å². The van der Waals surface area contributed by atoms with E-state index in [0.717, 1.165) is 17.3 Å². The van der Waals surface area contributed by atoms with E-state index >= 15 is 0 Å². The molecule has 2 aromatic carbocycles. The van der Waals surface area contributed by atoms with Crippen LogP contribution in [0.1, 0.15) is 29.3 Å². The second-order valence-electron chi connectivity index (χ2n) is 6.02. The molecule has 0 saturated heterocycles. The lowest BCUT2D eigenvalue weighted by atomic mass is 10.1. The third kappa shape index (κ3) is 5.14. The zero-order valence-corrected chi connectivity index (χ0v) is 16.0. The Morgan fingerprint density at radius 2 is 1.85 bits per heavy atom. The minimum atomic E-state index is -3.79. The van der Waals surface area contributed by atoms with Crippen LogP contribution in [-0.2, 0) is 21.3 Å². The number of benzene rings is 2. The first-order chi connectivity index (χ1) is 12.3. The van der Waals surface area contributed by atoms with E-state index in [0.29, 0.717) is 5.56 Å². The first-order valence-electron chi connectivity index (χ1n) is 8.32. The molecule has 1 N–H and O–H groups in total. The van der Waals surface area contributed by atoms with Gasteiger partial charge in [-0.1, -0.05) is 40.9 Å². The van der Waals surface area contributed by atoms with Gasteiger partial charge >= 0.3 is 0 Å². The second kappa shape index (κ2) is 8.93. The van der Waals surface area contributed by atoms with E-state index in [4.69, 9.17) is 4.84 Å². The van der Waals surface area contributed by atoms with Gasteiger partial charge < -0.3 is 5.32 Å². The fraction of sp³-hybridized carbons (Fsp3) is 0.316. The molecule has 6 nitrogen and oxygen atoms in total. The average molecular weight is 376 g/mol. The number of sulfonamides is 1. The van der Waals surface area contributed by atoms with Crippen molar-refractivity contribution in [3.63, 3.8) is 0 Å². The molecular weight excluding hydrogens is 352 g/mol. The predicted octanol–water partition coefficient (Wildman–Crippen LogP) is 2.62. The number of rotatable bonds is 8. The monoisotopic (exact) mass is 376 g/mol. The van der Waals surface area contributed by atoms with Crippen molar-refractivity contribution < 1.29 is 18.0 Å². The van der Waals surface area contributed by atoms with Crippen molar-refractivity contribution in [2.24, 2.45) is 0 Å². The summed E-state index contributed by atoms with van der Waals surface area (Å²) in [5, 5.41) is 2.91. The fourth-order valence-electron chi connectivity index (χ4n) is 2.45. The van der Waals surface area contributed by atoms with Crippen LogP contribution in [0.25, 0.3) is 0 Å². The predicted molar refractivity (Wildman–Crippen MR) is 100 cm³/mol. The Morgan fingerprint density at radius 1 is 1.15 bits per heavy atom. The molecule has 0 saturated carbocycles. The molecular formula is C19H24N2O4S. The smallest absolute Gasteiger partial charge is 0.264 e. The summed E-state index contributed by atoms with van der Waals surface area (Å²) in [5.41, 5.74) is 1.51. The van der Waals surface area contributed by atoms with Gasteiger partial charge in [-0.2, -0.15) is 0 Å². The van der Waals surface area contributed by atoms with E-state index in [2.05, 4.69) is 17.4 Å². The minimum Gasteiger partial charge on any atom is -0.350 e. The van der Waals surface area contributed by atoms with Crippen LogP contribution < -0.4 is 5.32 Å². The van der Waals surface area contributed by atoms with Crippen LogP contribution in [0.15, 0.2) is 59.5 Å². The third-order valence-electron chi connectivity index (χ3n) is 4.08. The lowest BCUT2D eigenvalue weighted by molar-refractivity contribution is -0.0258.